The maximum Gasteiger partial charge on any atom is 0.134 e. The number of aryl methyl sites for hydroxylation is 1. The lowest BCUT2D eigenvalue weighted by molar-refractivity contribution is 0.467. The van der Waals surface area contributed by atoms with E-state index in [1.165, 1.54) is 0 Å². The van der Waals surface area contributed by atoms with Gasteiger partial charge >= 0.3 is 0 Å². The van der Waals surface area contributed by atoms with Gasteiger partial charge in [-0.1, -0.05) is 24.3 Å². The van der Waals surface area contributed by atoms with Crippen LogP contribution in [0.5, 0.6) is 5.75 Å². The number of hydrogen-bond acceptors (Lipinski definition) is 3. The van der Waals surface area contributed by atoms with E-state index in [-0.39, 0.29) is 6.04 Å². The normalized spacial score (nSPS) is 12.5. The Balaban J connectivity index is 1.89. The summed E-state index contributed by atoms with van der Waals surface area (Å²) >= 11 is 0. The van der Waals surface area contributed by atoms with Crippen molar-refractivity contribution in [3.05, 3.63) is 59.4 Å². The number of phenolic OH excluding ortho intramolecular Hbond substituents is 1. The molecule has 1 unspecified atom stereocenters. The molecule has 3 rings (SSSR count). The Morgan fingerprint density at radius 3 is 2.62 bits per heavy atom. The first kappa shape index (κ1) is 13.6. The van der Waals surface area contributed by atoms with Crippen LogP contribution in [0.15, 0.2) is 46.9 Å². The van der Waals surface area contributed by atoms with Crippen molar-refractivity contribution < 1.29 is 9.52 Å². The van der Waals surface area contributed by atoms with Crippen LogP contribution in [0.25, 0.3) is 11.0 Å². The predicted molar refractivity (Wildman–Crippen MR) is 85.8 cm³/mol. The number of aromatic hydroxyl groups is 1. The Kier molecular flexibility index (Phi) is 3.34. The Morgan fingerprint density at radius 1 is 1.10 bits per heavy atom. The minimum absolute atomic E-state index is 0.0261. The zero-order chi connectivity index (χ0) is 15.0. The van der Waals surface area contributed by atoms with E-state index < -0.39 is 0 Å². The van der Waals surface area contributed by atoms with E-state index in [1.54, 1.807) is 0 Å². The minimum Gasteiger partial charge on any atom is -0.507 e. The molecule has 3 aromatic rings. The van der Waals surface area contributed by atoms with Crippen LogP contribution in [0.1, 0.15) is 29.9 Å². The molecule has 1 atom stereocenters. The van der Waals surface area contributed by atoms with E-state index in [1.807, 2.05) is 57.2 Å². The second-order valence-corrected chi connectivity index (χ2v) is 5.46. The molecule has 0 radical (unpaired) electrons. The third-order valence-corrected chi connectivity index (χ3v) is 3.88. The average molecular weight is 281 g/mol. The van der Waals surface area contributed by atoms with Crippen molar-refractivity contribution in [1.29, 1.82) is 0 Å². The summed E-state index contributed by atoms with van der Waals surface area (Å²) in [5, 5.41) is 14.5. The van der Waals surface area contributed by atoms with Crippen molar-refractivity contribution in [3.63, 3.8) is 0 Å². The summed E-state index contributed by atoms with van der Waals surface area (Å²) in [6.45, 7) is 5.86. The molecular formula is C18H19NO2. The Bertz CT molecular complexity index is 756. The summed E-state index contributed by atoms with van der Waals surface area (Å²) in [7, 11) is 0. The lowest BCUT2D eigenvalue weighted by Gasteiger charge is -2.16. The maximum atomic E-state index is 10.0. The van der Waals surface area contributed by atoms with Crippen LogP contribution in [0.4, 0.5) is 5.69 Å². The molecule has 108 valence electrons. The number of hydrogen-bond donors (Lipinski definition) is 2. The van der Waals surface area contributed by atoms with E-state index in [4.69, 9.17) is 4.42 Å². The molecular weight excluding hydrogens is 262 g/mol. The predicted octanol–water partition coefficient (Wildman–Crippen LogP) is 4.93. The summed E-state index contributed by atoms with van der Waals surface area (Å²) in [4.78, 5) is 0. The number of fused-ring (bicyclic) bond motifs is 1. The molecule has 1 aromatic heterocycles. The SMILES string of the molecule is Cc1ccc(NC(C)c2cc3ccccc3o2)c(C)c1O. The lowest BCUT2D eigenvalue weighted by Crippen LogP contribution is -2.06. The molecule has 0 amide bonds. The van der Waals surface area contributed by atoms with Crippen LogP contribution in [0.2, 0.25) is 0 Å². The van der Waals surface area contributed by atoms with E-state index in [2.05, 4.69) is 11.4 Å². The van der Waals surface area contributed by atoms with Crippen LogP contribution >= 0.6 is 0 Å². The van der Waals surface area contributed by atoms with Gasteiger partial charge in [-0.25, -0.2) is 0 Å². The Morgan fingerprint density at radius 2 is 1.86 bits per heavy atom. The Labute approximate surface area is 124 Å². The van der Waals surface area contributed by atoms with Crippen LogP contribution in [0.3, 0.4) is 0 Å². The molecule has 0 fully saturated rings. The number of furan rings is 1. The first-order chi connectivity index (χ1) is 10.1. The summed E-state index contributed by atoms with van der Waals surface area (Å²) in [6, 6.07) is 14.0. The van der Waals surface area contributed by atoms with Crippen LogP contribution < -0.4 is 5.32 Å². The fraction of sp³-hybridized carbons (Fsp3) is 0.222. The molecule has 2 aromatic carbocycles. The van der Waals surface area contributed by atoms with Crippen LogP contribution in [-0.2, 0) is 0 Å². The maximum absolute atomic E-state index is 10.0. The van der Waals surface area contributed by atoms with E-state index in [0.717, 1.165) is 33.5 Å². The molecule has 1 heterocycles. The highest BCUT2D eigenvalue weighted by Crippen LogP contribution is 2.31. The van der Waals surface area contributed by atoms with Gasteiger partial charge < -0.3 is 14.8 Å². The number of para-hydroxylation sites is 1. The minimum atomic E-state index is 0.0261. The van der Waals surface area contributed by atoms with Gasteiger partial charge in [0.1, 0.15) is 17.1 Å². The standard InChI is InChI=1S/C18H19NO2/c1-11-8-9-15(12(2)18(11)20)19-13(3)17-10-14-6-4-5-7-16(14)21-17/h4-10,13,19-20H,1-3H3. The van der Waals surface area contributed by atoms with Crippen molar-refractivity contribution >= 4 is 16.7 Å². The zero-order valence-electron chi connectivity index (χ0n) is 12.5. The van der Waals surface area contributed by atoms with Gasteiger partial charge in [0.05, 0.1) is 6.04 Å². The van der Waals surface area contributed by atoms with Gasteiger partial charge in [0.15, 0.2) is 0 Å². The number of rotatable bonds is 3. The summed E-state index contributed by atoms with van der Waals surface area (Å²) < 4.78 is 5.87. The molecule has 0 aliphatic rings. The van der Waals surface area contributed by atoms with E-state index >= 15 is 0 Å². The molecule has 0 bridgehead atoms. The average Bonchev–Trinajstić information content (AvgIpc) is 2.92. The molecule has 0 saturated carbocycles. The van der Waals surface area contributed by atoms with Gasteiger partial charge in [-0.05, 0) is 44.5 Å². The van der Waals surface area contributed by atoms with Crippen LogP contribution in [0, 0.1) is 13.8 Å². The number of anilines is 1. The smallest absolute Gasteiger partial charge is 0.134 e. The zero-order valence-corrected chi connectivity index (χ0v) is 12.5. The van der Waals surface area contributed by atoms with E-state index in [0.29, 0.717) is 5.75 Å². The quantitative estimate of drug-likeness (QED) is 0.715. The molecule has 0 saturated heterocycles. The second-order valence-electron chi connectivity index (χ2n) is 5.46. The molecule has 21 heavy (non-hydrogen) atoms. The van der Waals surface area contributed by atoms with Gasteiger partial charge in [-0.15, -0.1) is 0 Å². The highest BCUT2D eigenvalue weighted by Gasteiger charge is 2.13. The third-order valence-electron chi connectivity index (χ3n) is 3.88. The summed E-state index contributed by atoms with van der Waals surface area (Å²) in [6.07, 6.45) is 0. The largest absolute Gasteiger partial charge is 0.507 e. The lowest BCUT2D eigenvalue weighted by atomic mass is 10.1. The molecule has 0 aliphatic carbocycles. The molecule has 2 N–H and O–H groups in total. The van der Waals surface area contributed by atoms with E-state index in [9.17, 15) is 5.11 Å². The van der Waals surface area contributed by atoms with Gasteiger partial charge in [0.25, 0.3) is 0 Å². The van der Waals surface area contributed by atoms with Gasteiger partial charge in [0.2, 0.25) is 0 Å². The first-order valence-corrected chi connectivity index (χ1v) is 7.10. The van der Waals surface area contributed by atoms with Gasteiger partial charge in [0, 0.05) is 16.6 Å². The monoisotopic (exact) mass is 281 g/mol. The highest BCUT2D eigenvalue weighted by atomic mass is 16.3. The fourth-order valence-electron chi connectivity index (χ4n) is 2.51. The molecule has 0 spiro atoms. The number of phenols is 1. The van der Waals surface area contributed by atoms with Gasteiger partial charge in [-0.2, -0.15) is 0 Å². The van der Waals surface area contributed by atoms with Crippen LogP contribution in [-0.4, -0.2) is 5.11 Å². The first-order valence-electron chi connectivity index (χ1n) is 7.10. The molecule has 3 heteroatoms. The molecule has 0 aliphatic heterocycles. The summed E-state index contributed by atoms with van der Waals surface area (Å²) in [5.41, 5.74) is 3.56. The number of nitrogens with one attached hydrogen (secondary N) is 1. The van der Waals surface area contributed by atoms with Crippen molar-refractivity contribution in [2.24, 2.45) is 0 Å². The topological polar surface area (TPSA) is 45.4 Å². The molecule has 3 nitrogen and oxygen atoms in total. The van der Waals surface area contributed by atoms with Crippen molar-refractivity contribution in [2.45, 2.75) is 26.8 Å². The van der Waals surface area contributed by atoms with Gasteiger partial charge in [-0.3, -0.25) is 0 Å². The number of benzene rings is 2. The van der Waals surface area contributed by atoms with Crippen molar-refractivity contribution in [2.75, 3.05) is 5.32 Å². The Hall–Kier alpha value is -2.42. The van der Waals surface area contributed by atoms with Crippen molar-refractivity contribution in [1.82, 2.24) is 0 Å². The third kappa shape index (κ3) is 2.47. The second kappa shape index (κ2) is 5.17. The van der Waals surface area contributed by atoms with Crippen molar-refractivity contribution in [3.8, 4) is 5.75 Å². The highest BCUT2D eigenvalue weighted by molar-refractivity contribution is 5.78. The fourth-order valence-corrected chi connectivity index (χ4v) is 2.51. The summed E-state index contributed by atoms with van der Waals surface area (Å²) in [5.74, 6) is 1.23.